The van der Waals surface area contributed by atoms with Crippen LogP contribution >= 0.6 is 11.6 Å². The van der Waals surface area contributed by atoms with Crippen LogP contribution in [0.3, 0.4) is 0 Å². The third-order valence-electron chi connectivity index (χ3n) is 4.31. The van der Waals surface area contributed by atoms with Crippen LogP contribution in [0.4, 0.5) is 0 Å². The molecule has 1 saturated carbocycles. The number of esters is 1. The highest BCUT2D eigenvalue weighted by atomic mass is 35.5. The molecule has 1 fully saturated rings. The molecule has 1 aromatic rings. The molecule has 1 aromatic carbocycles. The van der Waals surface area contributed by atoms with Crippen molar-refractivity contribution in [2.24, 2.45) is 0 Å². The van der Waals surface area contributed by atoms with E-state index < -0.39 is 5.06 Å². The van der Waals surface area contributed by atoms with E-state index in [2.05, 4.69) is 6.92 Å². The summed E-state index contributed by atoms with van der Waals surface area (Å²) in [5.41, 5.74) is 1.15. The van der Waals surface area contributed by atoms with Crippen LogP contribution in [0.1, 0.15) is 76.2 Å². The van der Waals surface area contributed by atoms with Gasteiger partial charge >= 0.3 is 5.97 Å². The standard InChI is InChI=1S/C19H27ClO2/c1-2-3-4-5-6-7-11-14-18(21)22-19(20)15-17(19)16-12-9-8-10-13-16/h8-10,12-13,17H,2-7,11,14-15H2,1H3. The first kappa shape index (κ1) is 17.3. The Bertz CT molecular complexity index is 460. The quantitative estimate of drug-likeness (QED) is 0.309. The highest BCUT2D eigenvalue weighted by Gasteiger charge is 2.57. The van der Waals surface area contributed by atoms with Gasteiger partial charge in [0, 0.05) is 18.8 Å². The van der Waals surface area contributed by atoms with Crippen LogP contribution in [0, 0.1) is 0 Å². The second kappa shape index (κ2) is 8.57. The maximum Gasteiger partial charge on any atom is 0.307 e. The summed E-state index contributed by atoms with van der Waals surface area (Å²) in [4.78, 5) is 11.9. The van der Waals surface area contributed by atoms with Gasteiger partial charge in [-0.1, -0.05) is 87.4 Å². The maximum absolute atomic E-state index is 11.9. The second-order valence-electron chi connectivity index (χ2n) is 6.30. The van der Waals surface area contributed by atoms with Gasteiger partial charge in [0.2, 0.25) is 0 Å². The van der Waals surface area contributed by atoms with Gasteiger partial charge in [-0.2, -0.15) is 0 Å². The number of unbranched alkanes of at least 4 members (excludes halogenated alkanes) is 6. The molecule has 2 atom stereocenters. The molecule has 1 aliphatic carbocycles. The fourth-order valence-corrected chi connectivity index (χ4v) is 3.22. The molecule has 0 bridgehead atoms. The Morgan fingerprint density at radius 2 is 1.77 bits per heavy atom. The zero-order chi connectivity index (χ0) is 15.8. The number of benzene rings is 1. The summed E-state index contributed by atoms with van der Waals surface area (Å²) < 4.78 is 5.49. The van der Waals surface area contributed by atoms with Crippen molar-refractivity contribution in [2.75, 3.05) is 0 Å². The Morgan fingerprint density at radius 1 is 1.14 bits per heavy atom. The van der Waals surface area contributed by atoms with Gasteiger partial charge in [0.1, 0.15) is 0 Å². The van der Waals surface area contributed by atoms with E-state index >= 15 is 0 Å². The summed E-state index contributed by atoms with van der Waals surface area (Å²) in [5.74, 6) is -0.00431. The minimum Gasteiger partial charge on any atom is -0.442 e. The maximum atomic E-state index is 11.9. The van der Waals surface area contributed by atoms with Crippen LogP contribution in [0.5, 0.6) is 0 Å². The molecule has 0 heterocycles. The molecule has 0 aromatic heterocycles. The Morgan fingerprint density at radius 3 is 2.45 bits per heavy atom. The van der Waals surface area contributed by atoms with Gasteiger partial charge in [-0.25, -0.2) is 0 Å². The smallest absolute Gasteiger partial charge is 0.307 e. The second-order valence-corrected chi connectivity index (χ2v) is 6.94. The van der Waals surface area contributed by atoms with E-state index in [4.69, 9.17) is 16.3 Å². The molecule has 0 radical (unpaired) electrons. The molecule has 0 amide bonds. The van der Waals surface area contributed by atoms with Gasteiger partial charge in [-0.15, -0.1) is 0 Å². The van der Waals surface area contributed by atoms with E-state index in [0.29, 0.717) is 6.42 Å². The van der Waals surface area contributed by atoms with E-state index in [1.165, 1.54) is 32.1 Å². The van der Waals surface area contributed by atoms with E-state index in [1.807, 2.05) is 30.3 Å². The lowest BCUT2D eigenvalue weighted by Gasteiger charge is -2.11. The van der Waals surface area contributed by atoms with E-state index in [0.717, 1.165) is 24.8 Å². The third-order valence-corrected chi connectivity index (χ3v) is 4.81. The third kappa shape index (κ3) is 5.31. The highest BCUT2D eigenvalue weighted by Crippen LogP contribution is 2.57. The molecule has 2 rings (SSSR count). The monoisotopic (exact) mass is 322 g/mol. The largest absolute Gasteiger partial charge is 0.442 e. The first-order chi connectivity index (χ1) is 10.7. The number of hydrogen-bond donors (Lipinski definition) is 0. The number of rotatable bonds is 10. The molecular formula is C19H27ClO2. The average molecular weight is 323 g/mol. The lowest BCUT2D eigenvalue weighted by atomic mass is 10.1. The van der Waals surface area contributed by atoms with Crippen molar-refractivity contribution in [3.8, 4) is 0 Å². The first-order valence-electron chi connectivity index (χ1n) is 8.61. The van der Waals surface area contributed by atoms with Crippen molar-refractivity contribution in [1.82, 2.24) is 0 Å². The van der Waals surface area contributed by atoms with Crippen LogP contribution in [-0.2, 0) is 9.53 Å². The summed E-state index contributed by atoms with van der Waals surface area (Å²) in [7, 11) is 0. The molecule has 0 saturated heterocycles. The lowest BCUT2D eigenvalue weighted by molar-refractivity contribution is -0.147. The lowest BCUT2D eigenvalue weighted by Crippen LogP contribution is -2.15. The van der Waals surface area contributed by atoms with Crippen molar-refractivity contribution in [2.45, 2.75) is 75.7 Å². The zero-order valence-electron chi connectivity index (χ0n) is 13.5. The molecular weight excluding hydrogens is 296 g/mol. The Hall–Kier alpha value is -1.02. The van der Waals surface area contributed by atoms with Crippen LogP contribution in [0.15, 0.2) is 30.3 Å². The summed E-state index contributed by atoms with van der Waals surface area (Å²) in [5, 5.41) is -0.792. The van der Waals surface area contributed by atoms with E-state index in [-0.39, 0.29) is 11.9 Å². The zero-order valence-corrected chi connectivity index (χ0v) is 14.3. The van der Waals surface area contributed by atoms with Gasteiger partial charge in [0.25, 0.3) is 0 Å². The number of carbonyl (C=O) groups excluding carboxylic acids is 1. The van der Waals surface area contributed by atoms with Crippen molar-refractivity contribution >= 4 is 17.6 Å². The molecule has 2 nitrogen and oxygen atoms in total. The number of hydrogen-bond acceptors (Lipinski definition) is 2. The average Bonchev–Trinajstić information content (AvgIpc) is 3.18. The SMILES string of the molecule is CCCCCCCCCC(=O)OC1(Cl)CC1c1ccccc1. The van der Waals surface area contributed by atoms with Gasteiger partial charge < -0.3 is 4.74 Å². The van der Waals surface area contributed by atoms with Gasteiger partial charge in [-0.3, -0.25) is 4.79 Å². The van der Waals surface area contributed by atoms with Crippen LogP contribution in [-0.4, -0.2) is 11.0 Å². The van der Waals surface area contributed by atoms with E-state index in [1.54, 1.807) is 0 Å². The first-order valence-corrected chi connectivity index (χ1v) is 8.99. The van der Waals surface area contributed by atoms with Gasteiger partial charge in [0.05, 0.1) is 0 Å². The van der Waals surface area contributed by atoms with Crippen LogP contribution in [0.2, 0.25) is 0 Å². The molecule has 122 valence electrons. The summed E-state index contributed by atoms with van der Waals surface area (Å²) >= 11 is 6.39. The number of ether oxygens (including phenoxy) is 1. The van der Waals surface area contributed by atoms with Crippen molar-refractivity contribution in [1.29, 1.82) is 0 Å². The molecule has 2 unspecified atom stereocenters. The molecule has 0 N–H and O–H groups in total. The summed E-state index contributed by atoms with van der Waals surface area (Å²) in [6.45, 7) is 2.22. The Balaban J connectivity index is 1.60. The molecule has 0 spiro atoms. The summed E-state index contributed by atoms with van der Waals surface area (Å²) in [6.07, 6.45) is 9.62. The molecule has 3 heteroatoms. The predicted octanol–water partition coefficient (Wildman–Crippen LogP) is 5.79. The number of carbonyl (C=O) groups is 1. The van der Waals surface area contributed by atoms with Crippen LogP contribution in [0.25, 0.3) is 0 Å². The topological polar surface area (TPSA) is 26.3 Å². The van der Waals surface area contributed by atoms with Gasteiger partial charge in [0.15, 0.2) is 5.06 Å². The summed E-state index contributed by atoms with van der Waals surface area (Å²) in [6, 6.07) is 10.0. The van der Waals surface area contributed by atoms with Gasteiger partial charge in [-0.05, 0) is 12.0 Å². The minimum absolute atomic E-state index is 0.147. The Kier molecular flexibility index (Phi) is 6.75. The van der Waals surface area contributed by atoms with Crippen molar-refractivity contribution < 1.29 is 9.53 Å². The molecule has 1 aliphatic rings. The normalized spacial score (nSPS) is 23.3. The fourth-order valence-electron chi connectivity index (χ4n) is 2.85. The van der Waals surface area contributed by atoms with Crippen molar-refractivity contribution in [3.05, 3.63) is 35.9 Å². The molecule has 0 aliphatic heterocycles. The highest BCUT2D eigenvalue weighted by molar-refractivity contribution is 6.26. The van der Waals surface area contributed by atoms with Crippen LogP contribution < -0.4 is 0 Å². The Labute approximate surface area is 139 Å². The van der Waals surface area contributed by atoms with Crippen molar-refractivity contribution in [3.63, 3.8) is 0 Å². The fraction of sp³-hybridized carbons (Fsp3) is 0.632. The van der Waals surface area contributed by atoms with E-state index in [9.17, 15) is 4.79 Å². The number of halogens is 1. The molecule has 22 heavy (non-hydrogen) atoms. The minimum atomic E-state index is -0.792. The number of alkyl halides is 1. The predicted molar refractivity (Wildman–Crippen MR) is 91.1 cm³/mol.